The van der Waals surface area contributed by atoms with Gasteiger partial charge in [-0.3, -0.25) is 9.59 Å². The van der Waals surface area contributed by atoms with Gasteiger partial charge < -0.3 is 15.4 Å². The smallest absolute Gasteiger partial charge is 0.328 e. The van der Waals surface area contributed by atoms with Gasteiger partial charge in [0.15, 0.2) is 0 Å². The van der Waals surface area contributed by atoms with E-state index < -0.39 is 17.9 Å². The molecule has 0 spiro atoms. The maximum atomic E-state index is 13.0. The molecule has 0 aromatic heterocycles. The van der Waals surface area contributed by atoms with Gasteiger partial charge in [-0.15, -0.1) is 0 Å². The Morgan fingerprint density at radius 2 is 1.81 bits per heavy atom. The lowest BCUT2D eigenvalue weighted by atomic mass is 10.1. The summed E-state index contributed by atoms with van der Waals surface area (Å²) in [5.74, 6) is -1.75. The SMILES string of the molecule is COC(=O)[C@H](Cc1ccc(F)cc1)NC(=O)c1cccc(NC(C)=O)c1. The van der Waals surface area contributed by atoms with Gasteiger partial charge >= 0.3 is 5.97 Å². The number of amides is 2. The van der Waals surface area contributed by atoms with E-state index >= 15 is 0 Å². The maximum absolute atomic E-state index is 13.0. The van der Waals surface area contributed by atoms with Crippen molar-refractivity contribution in [2.24, 2.45) is 0 Å². The molecule has 0 aliphatic rings. The van der Waals surface area contributed by atoms with Gasteiger partial charge in [0.05, 0.1) is 7.11 Å². The average molecular weight is 358 g/mol. The van der Waals surface area contributed by atoms with Crippen molar-refractivity contribution in [2.45, 2.75) is 19.4 Å². The number of methoxy groups -OCH3 is 1. The first-order valence-corrected chi connectivity index (χ1v) is 7.90. The average Bonchev–Trinajstić information content (AvgIpc) is 2.62. The molecule has 0 saturated carbocycles. The third kappa shape index (κ3) is 5.41. The van der Waals surface area contributed by atoms with Crippen LogP contribution in [-0.2, 0) is 20.7 Å². The Labute approximate surface area is 150 Å². The van der Waals surface area contributed by atoms with Crippen LogP contribution < -0.4 is 10.6 Å². The zero-order chi connectivity index (χ0) is 19.1. The van der Waals surface area contributed by atoms with E-state index in [-0.39, 0.29) is 23.7 Å². The molecule has 26 heavy (non-hydrogen) atoms. The number of benzene rings is 2. The van der Waals surface area contributed by atoms with E-state index in [1.165, 1.54) is 44.4 Å². The van der Waals surface area contributed by atoms with Crippen LogP contribution >= 0.6 is 0 Å². The molecule has 0 heterocycles. The predicted octanol–water partition coefficient (Wildman–Crippen LogP) is 2.30. The van der Waals surface area contributed by atoms with Crippen molar-refractivity contribution in [3.05, 3.63) is 65.5 Å². The first-order chi connectivity index (χ1) is 12.4. The summed E-state index contributed by atoms with van der Waals surface area (Å²) in [5, 5.41) is 5.19. The summed E-state index contributed by atoms with van der Waals surface area (Å²) >= 11 is 0. The number of esters is 1. The maximum Gasteiger partial charge on any atom is 0.328 e. The zero-order valence-corrected chi connectivity index (χ0v) is 14.4. The van der Waals surface area contributed by atoms with Gasteiger partial charge in [-0.2, -0.15) is 0 Å². The summed E-state index contributed by atoms with van der Waals surface area (Å²) in [4.78, 5) is 35.6. The Morgan fingerprint density at radius 1 is 1.12 bits per heavy atom. The standard InChI is InChI=1S/C19H19FN2O4/c1-12(23)21-16-5-3-4-14(11-16)18(24)22-17(19(25)26-2)10-13-6-8-15(20)9-7-13/h3-9,11,17H,10H2,1-2H3,(H,21,23)(H,22,24)/t17-/m0/s1. The van der Waals surface area contributed by atoms with Crippen molar-refractivity contribution >= 4 is 23.5 Å². The zero-order valence-electron chi connectivity index (χ0n) is 14.4. The number of ether oxygens (including phenoxy) is 1. The highest BCUT2D eigenvalue weighted by Gasteiger charge is 2.22. The van der Waals surface area contributed by atoms with Gasteiger partial charge in [0.25, 0.3) is 5.91 Å². The molecule has 2 aromatic carbocycles. The van der Waals surface area contributed by atoms with E-state index in [1.54, 1.807) is 18.2 Å². The third-order valence-electron chi connectivity index (χ3n) is 3.59. The first-order valence-electron chi connectivity index (χ1n) is 7.90. The van der Waals surface area contributed by atoms with Gasteiger partial charge in [-0.1, -0.05) is 18.2 Å². The second-order valence-corrected chi connectivity index (χ2v) is 5.64. The van der Waals surface area contributed by atoms with Crippen molar-refractivity contribution < 1.29 is 23.5 Å². The van der Waals surface area contributed by atoms with Gasteiger partial charge in [0.2, 0.25) is 5.91 Å². The predicted molar refractivity (Wildman–Crippen MR) is 94.1 cm³/mol. The quantitative estimate of drug-likeness (QED) is 0.776. The molecule has 2 aromatic rings. The second-order valence-electron chi connectivity index (χ2n) is 5.64. The highest BCUT2D eigenvalue weighted by molar-refractivity contribution is 5.98. The van der Waals surface area contributed by atoms with E-state index in [1.807, 2.05) is 0 Å². The molecule has 0 aliphatic carbocycles. The highest BCUT2D eigenvalue weighted by Crippen LogP contribution is 2.12. The number of rotatable bonds is 6. The Morgan fingerprint density at radius 3 is 2.42 bits per heavy atom. The molecule has 2 N–H and O–H groups in total. The number of carbonyl (C=O) groups is 3. The van der Waals surface area contributed by atoms with Crippen LogP contribution in [0.15, 0.2) is 48.5 Å². The number of carbonyl (C=O) groups excluding carboxylic acids is 3. The van der Waals surface area contributed by atoms with Crippen LogP contribution in [0, 0.1) is 5.82 Å². The minimum atomic E-state index is -0.928. The van der Waals surface area contributed by atoms with Crippen molar-refractivity contribution in [3.63, 3.8) is 0 Å². The molecule has 0 unspecified atom stereocenters. The van der Waals surface area contributed by atoms with Crippen molar-refractivity contribution in [3.8, 4) is 0 Å². The molecule has 2 amide bonds. The summed E-state index contributed by atoms with van der Waals surface area (Å²) in [7, 11) is 1.23. The molecular formula is C19H19FN2O4. The monoisotopic (exact) mass is 358 g/mol. The third-order valence-corrected chi connectivity index (χ3v) is 3.59. The molecule has 0 radical (unpaired) electrons. The molecule has 6 nitrogen and oxygen atoms in total. The van der Waals surface area contributed by atoms with Gasteiger partial charge in [-0.25, -0.2) is 9.18 Å². The number of anilines is 1. The lowest BCUT2D eigenvalue weighted by molar-refractivity contribution is -0.142. The van der Waals surface area contributed by atoms with Crippen molar-refractivity contribution in [1.82, 2.24) is 5.32 Å². The fourth-order valence-corrected chi connectivity index (χ4v) is 2.37. The first kappa shape index (κ1) is 19.1. The number of hydrogen-bond donors (Lipinski definition) is 2. The van der Waals surface area contributed by atoms with E-state index in [0.717, 1.165) is 0 Å². The van der Waals surface area contributed by atoms with Gasteiger partial charge in [0.1, 0.15) is 11.9 Å². The lowest BCUT2D eigenvalue weighted by Gasteiger charge is -2.17. The molecule has 136 valence electrons. The Bertz CT molecular complexity index is 805. The van der Waals surface area contributed by atoms with Crippen LogP contribution in [0.3, 0.4) is 0 Å². The van der Waals surface area contributed by atoms with Crippen LogP contribution in [0.2, 0.25) is 0 Å². The minimum Gasteiger partial charge on any atom is -0.467 e. The van der Waals surface area contributed by atoms with Crippen LogP contribution in [0.4, 0.5) is 10.1 Å². The van der Waals surface area contributed by atoms with Crippen LogP contribution in [0.25, 0.3) is 0 Å². The minimum absolute atomic E-state index is 0.157. The summed E-state index contributed by atoms with van der Waals surface area (Å²) < 4.78 is 17.8. The van der Waals surface area contributed by atoms with Gasteiger partial charge in [-0.05, 0) is 35.9 Å². The number of halogens is 1. The topological polar surface area (TPSA) is 84.5 Å². The lowest BCUT2D eigenvalue weighted by Crippen LogP contribution is -2.43. The van der Waals surface area contributed by atoms with Gasteiger partial charge in [0, 0.05) is 24.6 Å². The second kappa shape index (κ2) is 8.75. The number of hydrogen-bond acceptors (Lipinski definition) is 4. The molecule has 1 atom stereocenters. The molecular weight excluding hydrogens is 339 g/mol. The Hall–Kier alpha value is -3.22. The van der Waals surface area contributed by atoms with Crippen LogP contribution in [0.5, 0.6) is 0 Å². The molecule has 7 heteroatoms. The van der Waals surface area contributed by atoms with Crippen molar-refractivity contribution in [2.75, 3.05) is 12.4 Å². The van der Waals surface area contributed by atoms with E-state index in [4.69, 9.17) is 4.74 Å². The Balaban J connectivity index is 2.14. The fourth-order valence-electron chi connectivity index (χ4n) is 2.37. The van der Waals surface area contributed by atoms with E-state index in [2.05, 4.69) is 10.6 Å². The Kier molecular flexibility index (Phi) is 6.43. The highest BCUT2D eigenvalue weighted by atomic mass is 19.1. The van der Waals surface area contributed by atoms with Crippen molar-refractivity contribution in [1.29, 1.82) is 0 Å². The molecule has 0 fully saturated rings. The summed E-state index contributed by atoms with van der Waals surface area (Å²) in [6.45, 7) is 1.36. The molecule has 2 rings (SSSR count). The number of nitrogens with one attached hydrogen (secondary N) is 2. The molecule has 0 bridgehead atoms. The van der Waals surface area contributed by atoms with E-state index in [9.17, 15) is 18.8 Å². The summed E-state index contributed by atoms with van der Waals surface area (Å²) in [6, 6.07) is 11.0. The van der Waals surface area contributed by atoms with E-state index in [0.29, 0.717) is 11.3 Å². The summed E-state index contributed by atoms with van der Waals surface area (Å²) in [5.41, 5.74) is 1.43. The van der Waals surface area contributed by atoms with Crippen LogP contribution in [0.1, 0.15) is 22.8 Å². The normalized spacial score (nSPS) is 11.3. The van der Waals surface area contributed by atoms with Crippen LogP contribution in [-0.4, -0.2) is 30.9 Å². The molecule has 0 aliphatic heterocycles. The summed E-state index contributed by atoms with van der Waals surface area (Å²) in [6.07, 6.45) is 0.157. The fraction of sp³-hybridized carbons (Fsp3) is 0.211. The largest absolute Gasteiger partial charge is 0.467 e. The molecule has 0 saturated heterocycles.